The molecule has 214 valence electrons. The monoisotopic (exact) mass is 564 g/mol. The van der Waals surface area contributed by atoms with Crippen LogP contribution in [0.3, 0.4) is 0 Å². The van der Waals surface area contributed by atoms with E-state index in [4.69, 9.17) is 9.47 Å². The second kappa shape index (κ2) is 12.9. The average Bonchev–Trinajstić information content (AvgIpc) is 3.50. The molecule has 11 heteroatoms. The Morgan fingerprint density at radius 1 is 0.905 bits per heavy atom. The molecule has 42 heavy (non-hydrogen) atoms. The van der Waals surface area contributed by atoms with Crippen LogP contribution in [0, 0.1) is 6.92 Å². The molecule has 0 atom stereocenters. The predicted molar refractivity (Wildman–Crippen MR) is 160 cm³/mol. The number of ketones is 1. The third-order valence-corrected chi connectivity index (χ3v) is 6.79. The molecular weight excluding hydrogens is 532 g/mol. The SMILES string of the molecule is CCC(=O)c1cc(C)c(Nc2nncn2-c2cc(N(Cc3ccc(OC)cc3)Cc3ccc(OC)cc3)ncn2)cn1. The van der Waals surface area contributed by atoms with Crippen molar-refractivity contribution in [2.45, 2.75) is 33.4 Å². The first kappa shape index (κ1) is 28.2. The normalized spacial score (nSPS) is 10.8. The largest absolute Gasteiger partial charge is 0.497 e. The van der Waals surface area contributed by atoms with Crippen molar-refractivity contribution >= 4 is 23.2 Å². The fourth-order valence-electron chi connectivity index (χ4n) is 4.39. The van der Waals surface area contributed by atoms with E-state index in [1.807, 2.05) is 68.4 Å². The summed E-state index contributed by atoms with van der Waals surface area (Å²) < 4.78 is 12.4. The summed E-state index contributed by atoms with van der Waals surface area (Å²) in [5.74, 6) is 3.37. The minimum atomic E-state index is -0.00448. The highest BCUT2D eigenvalue weighted by molar-refractivity contribution is 5.94. The van der Waals surface area contributed by atoms with Crippen LogP contribution < -0.4 is 19.7 Å². The Kier molecular flexibility index (Phi) is 8.67. The molecule has 0 saturated heterocycles. The van der Waals surface area contributed by atoms with Crippen molar-refractivity contribution in [3.05, 3.63) is 102 Å². The van der Waals surface area contributed by atoms with Crippen molar-refractivity contribution in [3.8, 4) is 17.3 Å². The van der Waals surface area contributed by atoms with Gasteiger partial charge in [0.2, 0.25) is 5.95 Å². The highest BCUT2D eigenvalue weighted by atomic mass is 16.5. The van der Waals surface area contributed by atoms with Crippen LogP contribution in [0.1, 0.15) is 40.5 Å². The number of Topliss-reactive ketones (excluding diaryl/α,β-unsaturated/α-hetero) is 1. The molecule has 0 radical (unpaired) electrons. The van der Waals surface area contributed by atoms with E-state index in [0.29, 0.717) is 42.7 Å². The first-order valence-corrected chi connectivity index (χ1v) is 13.5. The summed E-state index contributed by atoms with van der Waals surface area (Å²) in [6.07, 6.45) is 5.15. The number of anilines is 3. The summed E-state index contributed by atoms with van der Waals surface area (Å²) in [6.45, 7) is 4.94. The Hall–Kier alpha value is -5.32. The van der Waals surface area contributed by atoms with Crippen molar-refractivity contribution in [2.75, 3.05) is 24.4 Å². The van der Waals surface area contributed by atoms with E-state index < -0.39 is 0 Å². The fourth-order valence-corrected chi connectivity index (χ4v) is 4.39. The summed E-state index contributed by atoms with van der Waals surface area (Å²) >= 11 is 0. The van der Waals surface area contributed by atoms with Gasteiger partial charge in [-0.25, -0.2) is 9.97 Å². The first-order chi connectivity index (χ1) is 20.5. The summed E-state index contributed by atoms with van der Waals surface area (Å²) in [7, 11) is 3.31. The molecule has 0 fully saturated rings. The van der Waals surface area contributed by atoms with Gasteiger partial charge in [-0.1, -0.05) is 31.2 Å². The number of nitrogens with zero attached hydrogens (tertiary/aromatic N) is 7. The van der Waals surface area contributed by atoms with Gasteiger partial charge in [0.05, 0.1) is 26.1 Å². The number of rotatable bonds is 12. The zero-order valence-electron chi connectivity index (χ0n) is 24.0. The van der Waals surface area contributed by atoms with Crippen LogP contribution >= 0.6 is 0 Å². The molecule has 11 nitrogen and oxygen atoms in total. The summed E-state index contributed by atoms with van der Waals surface area (Å²) in [6, 6.07) is 19.6. The Morgan fingerprint density at radius 3 is 2.12 bits per heavy atom. The molecule has 3 heterocycles. The molecule has 0 amide bonds. The van der Waals surface area contributed by atoms with Gasteiger partial charge in [-0.15, -0.1) is 10.2 Å². The zero-order valence-corrected chi connectivity index (χ0v) is 24.0. The number of hydrogen-bond donors (Lipinski definition) is 1. The second-order valence-electron chi connectivity index (χ2n) is 9.60. The number of methoxy groups -OCH3 is 2. The summed E-state index contributed by atoms with van der Waals surface area (Å²) in [4.78, 5) is 27.7. The molecule has 0 saturated carbocycles. The smallest absolute Gasteiger partial charge is 0.234 e. The number of ether oxygens (including phenoxy) is 2. The topological polar surface area (TPSA) is 120 Å². The van der Waals surface area contributed by atoms with Crippen LogP contribution in [0.2, 0.25) is 0 Å². The van der Waals surface area contributed by atoms with E-state index >= 15 is 0 Å². The molecule has 3 aromatic heterocycles. The molecule has 0 aliphatic heterocycles. The molecule has 5 aromatic rings. The predicted octanol–water partition coefficient (Wildman–Crippen LogP) is 5.32. The van der Waals surface area contributed by atoms with E-state index in [9.17, 15) is 4.79 Å². The standard InChI is InChI=1S/C31H32N8O3/c1-5-28(40)26-14-21(2)27(16-32-26)36-31-37-35-20-39(31)30-15-29(33-19-34-30)38(17-22-6-10-24(41-3)11-7-22)18-23-8-12-25(42-4)13-9-23/h6-16,19-20H,5,17-18H2,1-4H3,(H,36,37). The van der Waals surface area contributed by atoms with Crippen LogP contribution in [0.15, 0.2) is 79.5 Å². The molecule has 1 N–H and O–H groups in total. The number of hydrogen-bond acceptors (Lipinski definition) is 10. The maximum Gasteiger partial charge on any atom is 0.234 e. The maximum atomic E-state index is 12.1. The lowest BCUT2D eigenvalue weighted by molar-refractivity contribution is 0.0983. The van der Waals surface area contributed by atoms with Gasteiger partial charge in [0.1, 0.15) is 41.5 Å². The van der Waals surface area contributed by atoms with Crippen LogP contribution in [0.5, 0.6) is 11.5 Å². The highest BCUT2D eigenvalue weighted by Gasteiger charge is 2.16. The molecule has 5 rings (SSSR count). The summed E-state index contributed by atoms with van der Waals surface area (Å²) in [5, 5.41) is 11.6. The Morgan fingerprint density at radius 2 is 1.55 bits per heavy atom. The Bertz CT molecular complexity index is 1600. The van der Waals surface area contributed by atoms with Gasteiger partial charge >= 0.3 is 0 Å². The van der Waals surface area contributed by atoms with E-state index in [1.165, 1.54) is 6.33 Å². The van der Waals surface area contributed by atoms with Gasteiger partial charge in [-0.05, 0) is 53.9 Å². The lowest BCUT2D eigenvalue weighted by Gasteiger charge is -2.24. The number of aryl methyl sites for hydroxylation is 1. The second-order valence-corrected chi connectivity index (χ2v) is 9.60. The lowest BCUT2D eigenvalue weighted by Crippen LogP contribution is -2.23. The minimum Gasteiger partial charge on any atom is -0.497 e. The van der Waals surface area contributed by atoms with E-state index in [1.54, 1.807) is 37.4 Å². The minimum absolute atomic E-state index is 0.00448. The fraction of sp³-hybridized carbons (Fsp3) is 0.226. The molecule has 0 aliphatic carbocycles. The molecule has 0 aliphatic rings. The van der Waals surface area contributed by atoms with Gasteiger partial charge in [0, 0.05) is 25.6 Å². The van der Waals surface area contributed by atoms with Crippen molar-refractivity contribution in [2.24, 2.45) is 0 Å². The van der Waals surface area contributed by atoms with Gasteiger partial charge in [0.25, 0.3) is 0 Å². The van der Waals surface area contributed by atoms with Gasteiger partial charge in [-0.3, -0.25) is 14.3 Å². The van der Waals surface area contributed by atoms with Crippen LogP contribution in [0.25, 0.3) is 5.82 Å². The number of nitrogens with one attached hydrogen (secondary N) is 1. The highest BCUT2D eigenvalue weighted by Crippen LogP contribution is 2.25. The Labute approximate surface area is 244 Å². The van der Waals surface area contributed by atoms with Crippen molar-refractivity contribution in [3.63, 3.8) is 0 Å². The molecule has 0 unspecified atom stereocenters. The van der Waals surface area contributed by atoms with Crippen molar-refractivity contribution in [1.82, 2.24) is 29.7 Å². The van der Waals surface area contributed by atoms with Crippen molar-refractivity contribution < 1.29 is 14.3 Å². The lowest BCUT2D eigenvalue weighted by atomic mass is 10.1. The van der Waals surface area contributed by atoms with Crippen LogP contribution in [0.4, 0.5) is 17.5 Å². The van der Waals surface area contributed by atoms with Crippen molar-refractivity contribution in [1.29, 1.82) is 0 Å². The van der Waals surface area contributed by atoms with Gasteiger partial charge in [-0.2, -0.15) is 0 Å². The number of benzene rings is 2. The molecule has 0 bridgehead atoms. The third-order valence-electron chi connectivity index (χ3n) is 6.79. The quantitative estimate of drug-likeness (QED) is 0.199. The molecule has 2 aromatic carbocycles. The first-order valence-electron chi connectivity index (χ1n) is 13.5. The molecule has 0 spiro atoms. The summed E-state index contributed by atoms with van der Waals surface area (Å²) in [5.41, 5.74) is 4.22. The van der Waals surface area contributed by atoms with E-state index in [-0.39, 0.29) is 5.78 Å². The van der Waals surface area contributed by atoms with E-state index in [0.717, 1.165) is 34.0 Å². The number of aromatic nitrogens is 6. The van der Waals surface area contributed by atoms with E-state index in [2.05, 4.69) is 35.4 Å². The maximum absolute atomic E-state index is 12.1. The third kappa shape index (κ3) is 6.52. The van der Waals surface area contributed by atoms with Crippen LogP contribution in [-0.4, -0.2) is 49.7 Å². The number of carbonyl (C=O) groups excluding carboxylic acids is 1. The average molecular weight is 565 g/mol. The zero-order chi connectivity index (χ0) is 29.5. The van der Waals surface area contributed by atoms with Crippen LogP contribution in [-0.2, 0) is 13.1 Å². The molecular formula is C31H32N8O3. The number of pyridine rings is 1. The van der Waals surface area contributed by atoms with Gasteiger partial charge in [0.15, 0.2) is 5.78 Å². The number of carbonyl (C=O) groups is 1. The van der Waals surface area contributed by atoms with Gasteiger partial charge < -0.3 is 19.7 Å². The Balaban J connectivity index is 1.44.